The SMILES string of the molecule is COc1ccc(OC)c(C(O)CNC(=O)Nc2ccc(Sc3ncccn3)cc2C)c1. The van der Waals surface area contributed by atoms with Crippen LogP contribution >= 0.6 is 11.8 Å². The van der Waals surface area contributed by atoms with Gasteiger partial charge in [0.25, 0.3) is 0 Å². The maximum atomic E-state index is 12.3. The number of ether oxygens (including phenoxy) is 2. The molecule has 0 spiro atoms. The molecule has 3 aromatic rings. The Hall–Kier alpha value is -3.30. The highest BCUT2D eigenvalue weighted by Crippen LogP contribution is 2.30. The lowest BCUT2D eigenvalue weighted by molar-refractivity contribution is 0.170. The number of amides is 2. The molecule has 1 unspecified atom stereocenters. The molecule has 0 aliphatic carbocycles. The zero-order chi connectivity index (χ0) is 22.2. The van der Waals surface area contributed by atoms with Gasteiger partial charge in [-0.2, -0.15) is 0 Å². The molecule has 162 valence electrons. The second-order valence-electron chi connectivity index (χ2n) is 6.57. The summed E-state index contributed by atoms with van der Waals surface area (Å²) in [4.78, 5) is 21.7. The molecular formula is C22H24N4O4S. The minimum atomic E-state index is -0.957. The third-order valence-electron chi connectivity index (χ3n) is 4.45. The van der Waals surface area contributed by atoms with E-state index in [0.29, 0.717) is 27.9 Å². The van der Waals surface area contributed by atoms with Crippen molar-refractivity contribution >= 4 is 23.5 Å². The highest BCUT2D eigenvalue weighted by atomic mass is 32.2. The first-order valence-electron chi connectivity index (χ1n) is 9.50. The number of nitrogens with zero attached hydrogens (tertiary/aromatic N) is 2. The van der Waals surface area contributed by atoms with E-state index in [0.717, 1.165) is 10.5 Å². The number of urea groups is 1. The topological polar surface area (TPSA) is 106 Å². The van der Waals surface area contributed by atoms with Gasteiger partial charge in [-0.3, -0.25) is 0 Å². The van der Waals surface area contributed by atoms with Gasteiger partial charge in [-0.25, -0.2) is 14.8 Å². The van der Waals surface area contributed by atoms with Crippen molar-refractivity contribution in [2.75, 3.05) is 26.1 Å². The van der Waals surface area contributed by atoms with E-state index in [1.807, 2.05) is 25.1 Å². The number of benzene rings is 2. The van der Waals surface area contributed by atoms with Gasteiger partial charge in [0.15, 0.2) is 5.16 Å². The van der Waals surface area contributed by atoms with Crippen molar-refractivity contribution in [2.45, 2.75) is 23.1 Å². The van der Waals surface area contributed by atoms with Gasteiger partial charge in [-0.15, -0.1) is 0 Å². The van der Waals surface area contributed by atoms with Gasteiger partial charge in [-0.1, -0.05) is 0 Å². The summed E-state index contributed by atoms with van der Waals surface area (Å²) in [5.41, 5.74) is 2.10. The monoisotopic (exact) mass is 440 g/mol. The number of nitrogens with one attached hydrogen (secondary N) is 2. The standard InChI is InChI=1S/C22H24N4O4S/c1-14-11-16(31-22-23-9-4-10-24-22)6-7-18(14)26-21(28)25-13-19(27)17-12-15(29-2)5-8-20(17)30-3/h4-12,19,27H,13H2,1-3H3,(H2,25,26,28). The normalized spacial score (nSPS) is 11.5. The van der Waals surface area contributed by atoms with Crippen molar-refractivity contribution in [3.63, 3.8) is 0 Å². The maximum absolute atomic E-state index is 12.3. The van der Waals surface area contributed by atoms with Crippen LogP contribution in [0, 0.1) is 6.92 Å². The average molecular weight is 441 g/mol. The fourth-order valence-electron chi connectivity index (χ4n) is 2.85. The molecule has 2 aromatic carbocycles. The van der Waals surface area contributed by atoms with E-state index in [9.17, 15) is 9.90 Å². The molecule has 0 fully saturated rings. The quantitative estimate of drug-likeness (QED) is 0.458. The fourth-order valence-corrected chi connectivity index (χ4v) is 3.66. The molecule has 2 amide bonds. The Morgan fingerprint density at radius 3 is 2.58 bits per heavy atom. The lowest BCUT2D eigenvalue weighted by atomic mass is 10.1. The number of hydrogen-bond donors (Lipinski definition) is 3. The Labute approximate surface area is 185 Å². The Kier molecular flexibility index (Phi) is 7.69. The minimum Gasteiger partial charge on any atom is -0.497 e. The summed E-state index contributed by atoms with van der Waals surface area (Å²) in [5, 5.41) is 16.6. The number of aliphatic hydroxyl groups is 1. The van der Waals surface area contributed by atoms with Crippen LogP contribution in [0.15, 0.2) is 64.9 Å². The molecule has 0 aliphatic rings. The molecule has 0 radical (unpaired) electrons. The van der Waals surface area contributed by atoms with E-state index in [4.69, 9.17) is 9.47 Å². The van der Waals surface area contributed by atoms with Gasteiger partial charge < -0.3 is 25.2 Å². The number of hydrogen-bond acceptors (Lipinski definition) is 7. The van der Waals surface area contributed by atoms with E-state index in [-0.39, 0.29) is 6.54 Å². The highest BCUT2D eigenvalue weighted by Gasteiger charge is 2.16. The number of methoxy groups -OCH3 is 2. The van der Waals surface area contributed by atoms with Crippen molar-refractivity contribution < 1.29 is 19.4 Å². The van der Waals surface area contributed by atoms with Gasteiger partial charge in [-0.05, 0) is 66.7 Å². The van der Waals surface area contributed by atoms with Crippen LogP contribution in [0.3, 0.4) is 0 Å². The summed E-state index contributed by atoms with van der Waals surface area (Å²) >= 11 is 1.44. The van der Waals surface area contributed by atoms with Crippen molar-refractivity contribution in [3.8, 4) is 11.5 Å². The van der Waals surface area contributed by atoms with Gasteiger partial charge in [0.05, 0.1) is 14.2 Å². The largest absolute Gasteiger partial charge is 0.497 e. The highest BCUT2D eigenvalue weighted by molar-refractivity contribution is 7.99. The first-order valence-corrected chi connectivity index (χ1v) is 10.3. The number of aryl methyl sites for hydroxylation is 1. The number of carbonyl (C=O) groups excluding carboxylic acids is 1. The van der Waals surface area contributed by atoms with Crippen LogP contribution in [0.25, 0.3) is 0 Å². The lowest BCUT2D eigenvalue weighted by Gasteiger charge is -2.17. The molecule has 0 bridgehead atoms. The van der Waals surface area contributed by atoms with E-state index in [1.54, 1.807) is 43.8 Å². The summed E-state index contributed by atoms with van der Waals surface area (Å²) < 4.78 is 10.5. The van der Waals surface area contributed by atoms with E-state index in [2.05, 4.69) is 20.6 Å². The third-order valence-corrected chi connectivity index (χ3v) is 5.33. The molecule has 3 rings (SSSR count). The van der Waals surface area contributed by atoms with E-state index < -0.39 is 12.1 Å². The van der Waals surface area contributed by atoms with Crippen LogP contribution in [0.4, 0.5) is 10.5 Å². The van der Waals surface area contributed by atoms with E-state index >= 15 is 0 Å². The summed E-state index contributed by atoms with van der Waals surface area (Å²) in [7, 11) is 3.06. The van der Waals surface area contributed by atoms with Crippen LogP contribution in [-0.4, -0.2) is 41.9 Å². The van der Waals surface area contributed by atoms with Crippen molar-refractivity contribution in [1.82, 2.24) is 15.3 Å². The Morgan fingerprint density at radius 1 is 1.13 bits per heavy atom. The fraction of sp³-hybridized carbons (Fsp3) is 0.227. The molecule has 3 N–H and O–H groups in total. The average Bonchev–Trinajstić information content (AvgIpc) is 2.79. The number of aliphatic hydroxyl groups excluding tert-OH is 1. The molecule has 31 heavy (non-hydrogen) atoms. The van der Waals surface area contributed by atoms with Crippen LogP contribution in [-0.2, 0) is 0 Å². The van der Waals surface area contributed by atoms with Crippen molar-refractivity contribution in [2.24, 2.45) is 0 Å². The molecule has 0 saturated heterocycles. The molecule has 1 atom stereocenters. The van der Waals surface area contributed by atoms with Crippen molar-refractivity contribution in [3.05, 3.63) is 66.0 Å². The van der Waals surface area contributed by atoms with Gasteiger partial charge in [0.1, 0.15) is 17.6 Å². The van der Waals surface area contributed by atoms with Gasteiger partial charge in [0.2, 0.25) is 0 Å². The zero-order valence-corrected chi connectivity index (χ0v) is 18.3. The molecular weight excluding hydrogens is 416 g/mol. The number of rotatable bonds is 8. The van der Waals surface area contributed by atoms with Crippen molar-refractivity contribution in [1.29, 1.82) is 0 Å². The Bertz CT molecular complexity index is 1030. The molecule has 0 saturated carbocycles. The first kappa shape index (κ1) is 22.4. The number of anilines is 1. The maximum Gasteiger partial charge on any atom is 0.319 e. The minimum absolute atomic E-state index is 0.00763. The lowest BCUT2D eigenvalue weighted by Crippen LogP contribution is -2.32. The van der Waals surface area contributed by atoms with Crippen LogP contribution in [0.1, 0.15) is 17.2 Å². The summed E-state index contributed by atoms with van der Waals surface area (Å²) in [6.45, 7) is 1.91. The Balaban J connectivity index is 1.58. The Morgan fingerprint density at radius 2 is 1.90 bits per heavy atom. The third kappa shape index (κ3) is 6.09. The second-order valence-corrected chi connectivity index (χ2v) is 7.61. The molecule has 9 heteroatoms. The summed E-state index contributed by atoms with van der Waals surface area (Å²) in [6, 6.07) is 12.1. The van der Waals surface area contributed by atoms with Crippen LogP contribution in [0.5, 0.6) is 11.5 Å². The number of aromatic nitrogens is 2. The first-order chi connectivity index (χ1) is 15.0. The zero-order valence-electron chi connectivity index (χ0n) is 17.5. The summed E-state index contributed by atoms with van der Waals surface area (Å²) in [6.07, 6.45) is 2.43. The molecule has 8 nitrogen and oxygen atoms in total. The second kappa shape index (κ2) is 10.6. The van der Waals surface area contributed by atoms with Gasteiger partial charge >= 0.3 is 6.03 Å². The summed E-state index contributed by atoms with van der Waals surface area (Å²) in [5.74, 6) is 1.11. The smallest absolute Gasteiger partial charge is 0.319 e. The molecule has 1 aromatic heterocycles. The number of carbonyl (C=O) groups is 1. The van der Waals surface area contributed by atoms with Crippen LogP contribution in [0.2, 0.25) is 0 Å². The van der Waals surface area contributed by atoms with Gasteiger partial charge in [0, 0.05) is 35.1 Å². The van der Waals surface area contributed by atoms with Crippen LogP contribution < -0.4 is 20.1 Å². The predicted octanol–water partition coefficient (Wildman–Crippen LogP) is 3.81. The predicted molar refractivity (Wildman–Crippen MR) is 119 cm³/mol. The van der Waals surface area contributed by atoms with E-state index in [1.165, 1.54) is 18.9 Å². The molecule has 1 heterocycles. The molecule has 0 aliphatic heterocycles.